The maximum absolute atomic E-state index is 12.1. The molecule has 3 atom stereocenters. The molecule has 1 amide bonds. The van der Waals surface area contributed by atoms with Crippen LogP contribution in [-0.4, -0.2) is 27.9 Å². The van der Waals surface area contributed by atoms with Crippen LogP contribution in [0.4, 0.5) is 4.79 Å². The van der Waals surface area contributed by atoms with Crippen molar-refractivity contribution in [3.8, 4) is 0 Å². The zero-order valence-corrected chi connectivity index (χ0v) is 11.7. The molecule has 0 unspecified atom stereocenters. The lowest BCUT2D eigenvalue weighted by Crippen LogP contribution is -2.36. The molecule has 96 valence electrons. The lowest BCUT2D eigenvalue weighted by atomic mass is 10.0. The molecule has 1 aromatic rings. The summed E-state index contributed by atoms with van der Waals surface area (Å²) >= 11 is 3.65. The maximum Gasteiger partial charge on any atom is 0.410 e. The van der Waals surface area contributed by atoms with E-state index in [0.29, 0.717) is 23.5 Å². The Morgan fingerprint density at radius 3 is 2.72 bits per heavy atom. The van der Waals surface area contributed by atoms with Gasteiger partial charge in [-0.2, -0.15) is 0 Å². The average Bonchev–Trinajstić information content (AvgIpc) is 2.94. The van der Waals surface area contributed by atoms with Crippen molar-refractivity contribution in [3.63, 3.8) is 0 Å². The van der Waals surface area contributed by atoms with Gasteiger partial charge in [-0.05, 0) is 24.8 Å². The standard InChI is InChI=1S/C14H16BrNO2/c15-12-8-11-6-7-13(12)16(11)14(17)18-9-10-4-2-1-3-5-10/h1-5,11-13H,6-9H2/t11-,12-,13+/m0/s1. The van der Waals surface area contributed by atoms with Crippen molar-refractivity contribution in [2.75, 3.05) is 0 Å². The van der Waals surface area contributed by atoms with E-state index in [4.69, 9.17) is 4.74 Å². The largest absolute Gasteiger partial charge is 0.445 e. The molecular formula is C14H16BrNO2. The summed E-state index contributed by atoms with van der Waals surface area (Å²) in [7, 11) is 0. The normalized spacial score (nSPS) is 29.6. The van der Waals surface area contributed by atoms with Gasteiger partial charge in [0.15, 0.2) is 0 Å². The van der Waals surface area contributed by atoms with Gasteiger partial charge in [0.2, 0.25) is 0 Å². The van der Waals surface area contributed by atoms with Crippen LogP contribution in [0.1, 0.15) is 24.8 Å². The highest BCUT2D eigenvalue weighted by Crippen LogP contribution is 2.41. The van der Waals surface area contributed by atoms with Crippen molar-refractivity contribution in [3.05, 3.63) is 35.9 Å². The van der Waals surface area contributed by atoms with Gasteiger partial charge in [-0.1, -0.05) is 46.3 Å². The van der Waals surface area contributed by atoms with Gasteiger partial charge in [0, 0.05) is 16.9 Å². The zero-order chi connectivity index (χ0) is 12.5. The number of amides is 1. The molecule has 3 nitrogen and oxygen atoms in total. The monoisotopic (exact) mass is 309 g/mol. The molecule has 2 fully saturated rings. The third-order valence-corrected chi connectivity index (χ3v) is 4.86. The number of benzene rings is 1. The Morgan fingerprint density at radius 2 is 2.11 bits per heavy atom. The van der Waals surface area contributed by atoms with Gasteiger partial charge in [0.25, 0.3) is 0 Å². The fourth-order valence-electron chi connectivity index (χ4n) is 2.99. The number of ether oxygens (including phenoxy) is 1. The Hall–Kier alpha value is -1.03. The number of hydrogen-bond acceptors (Lipinski definition) is 2. The minimum Gasteiger partial charge on any atom is -0.445 e. The number of alkyl halides is 1. The SMILES string of the molecule is O=C(OCc1ccccc1)N1[C@H]2CC[C@@H]1[C@@H](Br)C2. The van der Waals surface area contributed by atoms with E-state index in [0.717, 1.165) is 24.8 Å². The number of carbonyl (C=O) groups is 1. The number of fused-ring (bicyclic) bond motifs is 2. The van der Waals surface area contributed by atoms with Gasteiger partial charge in [0.05, 0.1) is 0 Å². The Kier molecular flexibility index (Phi) is 3.29. The molecule has 2 heterocycles. The molecule has 18 heavy (non-hydrogen) atoms. The number of rotatable bonds is 2. The molecule has 0 saturated carbocycles. The highest BCUT2D eigenvalue weighted by Gasteiger charge is 2.48. The molecule has 2 bridgehead atoms. The summed E-state index contributed by atoms with van der Waals surface area (Å²) in [6, 6.07) is 10.5. The van der Waals surface area contributed by atoms with Crippen molar-refractivity contribution in [1.29, 1.82) is 0 Å². The van der Waals surface area contributed by atoms with Gasteiger partial charge < -0.3 is 9.64 Å². The molecule has 1 aromatic carbocycles. The van der Waals surface area contributed by atoms with Crippen LogP contribution >= 0.6 is 15.9 Å². The van der Waals surface area contributed by atoms with Gasteiger partial charge in [0.1, 0.15) is 6.61 Å². The molecule has 2 aliphatic heterocycles. The van der Waals surface area contributed by atoms with Crippen LogP contribution in [0.2, 0.25) is 0 Å². The van der Waals surface area contributed by atoms with Crippen LogP contribution in [0.25, 0.3) is 0 Å². The fraction of sp³-hybridized carbons (Fsp3) is 0.500. The Morgan fingerprint density at radius 1 is 1.33 bits per heavy atom. The van der Waals surface area contributed by atoms with Crippen molar-refractivity contribution in [2.45, 2.75) is 42.8 Å². The number of hydrogen-bond donors (Lipinski definition) is 0. The molecule has 0 radical (unpaired) electrons. The minimum atomic E-state index is -0.159. The van der Waals surface area contributed by atoms with Crippen LogP contribution in [0, 0.1) is 0 Å². The highest BCUT2D eigenvalue weighted by atomic mass is 79.9. The van der Waals surface area contributed by atoms with E-state index in [-0.39, 0.29) is 6.09 Å². The van der Waals surface area contributed by atoms with Crippen LogP contribution in [0.15, 0.2) is 30.3 Å². The first-order valence-corrected chi connectivity index (χ1v) is 7.30. The molecule has 4 heteroatoms. The second-order valence-corrected chi connectivity index (χ2v) is 6.17. The average molecular weight is 310 g/mol. The lowest BCUT2D eigenvalue weighted by Gasteiger charge is -2.21. The quantitative estimate of drug-likeness (QED) is 0.784. The predicted octanol–water partition coefficient (Wildman–Crippen LogP) is 3.32. The number of halogens is 1. The van der Waals surface area contributed by atoms with Crippen LogP contribution < -0.4 is 0 Å². The Balaban J connectivity index is 1.60. The van der Waals surface area contributed by atoms with E-state index in [1.54, 1.807) is 0 Å². The van der Waals surface area contributed by atoms with Crippen LogP contribution in [0.3, 0.4) is 0 Å². The van der Waals surface area contributed by atoms with E-state index in [9.17, 15) is 4.79 Å². The number of carbonyl (C=O) groups excluding carboxylic acids is 1. The van der Waals surface area contributed by atoms with Gasteiger partial charge >= 0.3 is 6.09 Å². The fourth-order valence-corrected chi connectivity index (χ4v) is 3.94. The maximum atomic E-state index is 12.1. The topological polar surface area (TPSA) is 29.5 Å². The minimum absolute atomic E-state index is 0.159. The second kappa shape index (κ2) is 4.92. The van der Waals surface area contributed by atoms with Crippen molar-refractivity contribution in [1.82, 2.24) is 4.90 Å². The Labute approximate surface area is 115 Å². The van der Waals surface area contributed by atoms with Gasteiger partial charge in [-0.3, -0.25) is 0 Å². The zero-order valence-electron chi connectivity index (χ0n) is 10.1. The third kappa shape index (κ3) is 2.14. The first-order chi connectivity index (χ1) is 8.75. The molecule has 0 aliphatic carbocycles. The van der Waals surface area contributed by atoms with E-state index >= 15 is 0 Å². The predicted molar refractivity (Wildman–Crippen MR) is 72.6 cm³/mol. The molecule has 0 aromatic heterocycles. The van der Waals surface area contributed by atoms with Crippen molar-refractivity contribution in [2.24, 2.45) is 0 Å². The second-order valence-electron chi connectivity index (χ2n) is 5.00. The molecule has 0 spiro atoms. The van der Waals surface area contributed by atoms with Crippen molar-refractivity contribution >= 4 is 22.0 Å². The molecule has 2 aliphatic rings. The summed E-state index contributed by atoms with van der Waals surface area (Å²) in [4.78, 5) is 14.5. The first kappa shape index (κ1) is 12.0. The molecule has 3 rings (SSSR count). The summed E-state index contributed by atoms with van der Waals surface area (Å²) in [5, 5.41) is 0. The summed E-state index contributed by atoms with van der Waals surface area (Å²) in [6.07, 6.45) is 3.12. The molecular weight excluding hydrogens is 294 g/mol. The summed E-state index contributed by atoms with van der Waals surface area (Å²) in [5.74, 6) is 0. The van der Waals surface area contributed by atoms with E-state index in [1.165, 1.54) is 0 Å². The van der Waals surface area contributed by atoms with E-state index in [1.807, 2.05) is 35.2 Å². The summed E-state index contributed by atoms with van der Waals surface area (Å²) in [6.45, 7) is 0.364. The van der Waals surface area contributed by atoms with Crippen LogP contribution in [0.5, 0.6) is 0 Å². The summed E-state index contributed by atoms with van der Waals surface area (Å²) < 4.78 is 5.41. The first-order valence-electron chi connectivity index (χ1n) is 6.39. The smallest absolute Gasteiger partial charge is 0.410 e. The lowest BCUT2D eigenvalue weighted by molar-refractivity contribution is 0.0911. The van der Waals surface area contributed by atoms with Gasteiger partial charge in [-0.15, -0.1) is 0 Å². The summed E-state index contributed by atoms with van der Waals surface area (Å²) in [5.41, 5.74) is 1.03. The van der Waals surface area contributed by atoms with Crippen LogP contribution in [-0.2, 0) is 11.3 Å². The Bertz CT molecular complexity index is 437. The van der Waals surface area contributed by atoms with Gasteiger partial charge in [-0.25, -0.2) is 4.79 Å². The van der Waals surface area contributed by atoms with Crippen molar-refractivity contribution < 1.29 is 9.53 Å². The number of nitrogens with zero attached hydrogens (tertiary/aromatic N) is 1. The van der Waals surface area contributed by atoms with E-state index < -0.39 is 0 Å². The highest BCUT2D eigenvalue weighted by molar-refractivity contribution is 9.09. The molecule has 2 saturated heterocycles. The third-order valence-electron chi connectivity index (χ3n) is 3.88. The molecule has 0 N–H and O–H groups in total. The van der Waals surface area contributed by atoms with E-state index in [2.05, 4.69) is 15.9 Å².